The highest BCUT2D eigenvalue weighted by Crippen LogP contribution is 2.28. The quantitative estimate of drug-likeness (QED) is 0.708. The summed E-state index contributed by atoms with van der Waals surface area (Å²) in [6, 6.07) is 4.06. The monoisotopic (exact) mass is 417 g/mol. The van der Waals surface area contributed by atoms with E-state index in [4.69, 9.17) is 4.74 Å². The van der Waals surface area contributed by atoms with Crippen LogP contribution in [0.5, 0.6) is 0 Å². The lowest BCUT2D eigenvalue weighted by molar-refractivity contribution is -0.0175. The number of hydrogen-bond donors (Lipinski definition) is 1. The van der Waals surface area contributed by atoms with Gasteiger partial charge in [0.2, 0.25) is 5.95 Å². The molecular formula is C18H20BrN5O2. The topological polar surface area (TPSA) is 76.0 Å². The van der Waals surface area contributed by atoms with Crippen LogP contribution in [0.15, 0.2) is 27.6 Å². The zero-order valence-corrected chi connectivity index (χ0v) is 16.7. The van der Waals surface area contributed by atoms with Crippen LogP contribution in [0.25, 0.3) is 16.7 Å². The van der Waals surface area contributed by atoms with Crippen LogP contribution in [0, 0.1) is 13.8 Å². The van der Waals surface area contributed by atoms with Crippen molar-refractivity contribution in [2.45, 2.75) is 26.4 Å². The Morgan fingerprint density at radius 3 is 2.54 bits per heavy atom. The van der Waals surface area contributed by atoms with Crippen LogP contribution in [0.1, 0.15) is 18.1 Å². The summed E-state index contributed by atoms with van der Waals surface area (Å²) in [5, 5.41) is 5.04. The summed E-state index contributed by atoms with van der Waals surface area (Å²) in [7, 11) is 1.70. The molecule has 136 valence electrons. The molecule has 3 heterocycles. The van der Waals surface area contributed by atoms with Crippen LogP contribution >= 0.6 is 15.9 Å². The predicted octanol–water partition coefficient (Wildman–Crippen LogP) is 2.71. The molecule has 8 heteroatoms. The highest BCUT2D eigenvalue weighted by Gasteiger charge is 2.40. The Hall–Kier alpha value is -2.19. The first kappa shape index (κ1) is 17.2. The Morgan fingerprint density at radius 1 is 1.27 bits per heavy atom. The van der Waals surface area contributed by atoms with Crippen LogP contribution in [-0.2, 0) is 4.74 Å². The van der Waals surface area contributed by atoms with Gasteiger partial charge in [-0.25, -0.2) is 4.68 Å². The molecule has 0 unspecified atom stereocenters. The Labute approximate surface area is 159 Å². The molecule has 0 atom stereocenters. The predicted molar refractivity (Wildman–Crippen MR) is 104 cm³/mol. The third-order valence-corrected chi connectivity index (χ3v) is 5.36. The average molecular weight is 418 g/mol. The molecule has 1 N–H and O–H groups in total. The number of fused-ring (bicyclic) bond motifs is 1. The fourth-order valence-corrected chi connectivity index (χ4v) is 4.16. The summed E-state index contributed by atoms with van der Waals surface area (Å²) in [4.78, 5) is 21.9. The summed E-state index contributed by atoms with van der Waals surface area (Å²) >= 11 is 3.51. The maximum atomic E-state index is 12.5. The third-order valence-electron chi connectivity index (χ3n) is 4.90. The largest absolute Gasteiger partial charge is 0.375 e. The SMILES string of the molecule is COC1(C)CN(c2nc3nn(-c4c(C)cc(Br)cc4C)cc3c(=O)[nH]2)C1. The van der Waals surface area contributed by atoms with Crippen molar-refractivity contribution in [1.29, 1.82) is 0 Å². The Balaban J connectivity index is 1.77. The van der Waals surface area contributed by atoms with E-state index in [9.17, 15) is 4.79 Å². The number of nitrogens with zero attached hydrogens (tertiary/aromatic N) is 4. The molecule has 1 aliphatic rings. The summed E-state index contributed by atoms with van der Waals surface area (Å²) in [6.45, 7) is 7.45. The normalized spacial score (nSPS) is 16.1. The molecule has 0 aliphatic carbocycles. The lowest BCUT2D eigenvalue weighted by Gasteiger charge is -2.46. The van der Waals surface area contributed by atoms with Crippen LogP contribution < -0.4 is 10.5 Å². The van der Waals surface area contributed by atoms with E-state index in [2.05, 4.69) is 31.0 Å². The summed E-state index contributed by atoms with van der Waals surface area (Å²) < 4.78 is 8.21. The van der Waals surface area contributed by atoms with Crippen molar-refractivity contribution in [3.8, 4) is 5.69 Å². The van der Waals surface area contributed by atoms with Gasteiger partial charge in [-0.2, -0.15) is 4.98 Å². The molecule has 7 nitrogen and oxygen atoms in total. The molecule has 4 rings (SSSR count). The minimum atomic E-state index is -0.196. The first-order chi connectivity index (χ1) is 12.3. The van der Waals surface area contributed by atoms with E-state index in [1.165, 1.54) is 0 Å². The number of methoxy groups -OCH3 is 1. The second-order valence-corrected chi connectivity index (χ2v) is 8.01. The minimum absolute atomic E-state index is 0.185. The zero-order chi connectivity index (χ0) is 18.6. The number of rotatable bonds is 3. The first-order valence-electron chi connectivity index (χ1n) is 8.36. The van der Waals surface area contributed by atoms with Crippen molar-refractivity contribution in [2.24, 2.45) is 0 Å². The Kier molecular flexibility index (Phi) is 3.92. The van der Waals surface area contributed by atoms with E-state index in [-0.39, 0.29) is 11.2 Å². The summed E-state index contributed by atoms with van der Waals surface area (Å²) in [6.07, 6.45) is 1.74. The first-order valence-corrected chi connectivity index (χ1v) is 9.16. The van der Waals surface area contributed by atoms with Gasteiger partial charge in [-0.3, -0.25) is 9.78 Å². The van der Waals surface area contributed by atoms with Gasteiger partial charge in [0.1, 0.15) is 11.0 Å². The van der Waals surface area contributed by atoms with E-state index in [0.717, 1.165) is 21.3 Å². The van der Waals surface area contributed by atoms with Gasteiger partial charge in [-0.05, 0) is 44.0 Å². The van der Waals surface area contributed by atoms with Crippen molar-refractivity contribution >= 4 is 32.9 Å². The van der Waals surface area contributed by atoms with Crippen LogP contribution in [0.2, 0.25) is 0 Å². The molecule has 0 radical (unpaired) electrons. The smallest absolute Gasteiger partial charge is 0.263 e. The molecule has 2 aromatic heterocycles. The van der Waals surface area contributed by atoms with Gasteiger partial charge in [0.05, 0.1) is 18.8 Å². The third kappa shape index (κ3) is 2.73. The maximum Gasteiger partial charge on any atom is 0.263 e. The van der Waals surface area contributed by atoms with Crippen LogP contribution in [0.4, 0.5) is 5.95 Å². The fourth-order valence-electron chi connectivity index (χ4n) is 3.47. The van der Waals surface area contributed by atoms with Crippen LogP contribution in [0.3, 0.4) is 0 Å². The number of halogens is 1. The van der Waals surface area contributed by atoms with E-state index in [1.807, 2.05) is 37.8 Å². The number of aromatic nitrogens is 4. The van der Waals surface area contributed by atoms with Crippen molar-refractivity contribution in [3.63, 3.8) is 0 Å². The van der Waals surface area contributed by atoms with Gasteiger partial charge in [0, 0.05) is 17.8 Å². The van der Waals surface area contributed by atoms with E-state index >= 15 is 0 Å². The number of benzene rings is 1. The highest BCUT2D eigenvalue weighted by molar-refractivity contribution is 9.10. The Morgan fingerprint density at radius 2 is 1.92 bits per heavy atom. The fraction of sp³-hybridized carbons (Fsp3) is 0.389. The van der Waals surface area contributed by atoms with Crippen LogP contribution in [-0.4, -0.2) is 45.5 Å². The van der Waals surface area contributed by atoms with Crippen molar-refractivity contribution in [1.82, 2.24) is 19.7 Å². The number of ether oxygens (including phenoxy) is 1. The van der Waals surface area contributed by atoms with Crippen molar-refractivity contribution < 1.29 is 4.74 Å². The molecule has 1 aliphatic heterocycles. The van der Waals surface area contributed by atoms with Gasteiger partial charge in [-0.1, -0.05) is 15.9 Å². The van der Waals surface area contributed by atoms with Crippen molar-refractivity contribution in [2.75, 3.05) is 25.1 Å². The molecule has 0 amide bonds. The standard InChI is InChI=1S/C18H20BrN5O2/c1-10-5-12(19)6-11(2)14(10)24-7-13-15(22-24)20-17(21-16(13)25)23-8-18(3,9-23)26-4/h5-7H,8-9H2,1-4H3,(H,20,21,22,25). The number of nitrogens with one attached hydrogen (secondary N) is 1. The van der Waals surface area contributed by atoms with E-state index in [1.54, 1.807) is 18.0 Å². The lowest BCUT2D eigenvalue weighted by atomic mass is 9.97. The maximum absolute atomic E-state index is 12.5. The number of hydrogen-bond acceptors (Lipinski definition) is 5. The number of anilines is 1. The number of H-pyrrole nitrogens is 1. The second kappa shape index (κ2) is 5.92. The van der Waals surface area contributed by atoms with Gasteiger partial charge in [-0.15, -0.1) is 5.10 Å². The molecule has 26 heavy (non-hydrogen) atoms. The van der Waals surface area contributed by atoms with E-state index < -0.39 is 0 Å². The molecular weight excluding hydrogens is 398 g/mol. The highest BCUT2D eigenvalue weighted by atomic mass is 79.9. The van der Waals surface area contributed by atoms with Gasteiger partial charge in [0.25, 0.3) is 5.56 Å². The van der Waals surface area contributed by atoms with Gasteiger partial charge in [0.15, 0.2) is 5.65 Å². The van der Waals surface area contributed by atoms with Gasteiger partial charge >= 0.3 is 0 Å². The molecule has 0 spiro atoms. The van der Waals surface area contributed by atoms with Crippen molar-refractivity contribution in [3.05, 3.63) is 44.3 Å². The minimum Gasteiger partial charge on any atom is -0.375 e. The average Bonchev–Trinajstić information content (AvgIpc) is 2.95. The number of aryl methyl sites for hydroxylation is 2. The molecule has 1 fully saturated rings. The molecule has 3 aromatic rings. The van der Waals surface area contributed by atoms with Gasteiger partial charge < -0.3 is 9.64 Å². The van der Waals surface area contributed by atoms with E-state index in [0.29, 0.717) is 30.1 Å². The molecule has 1 saturated heterocycles. The molecule has 1 aromatic carbocycles. The lowest BCUT2D eigenvalue weighted by Crippen LogP contribution is -2.61. The zero-order valence-electron chi connectivity index (χ0n) is 15.1. The number of aromatic amines is 1. The Bertz CT molecular complexity index is 1040. The summed E-state index contributed by atoms with van der Waals surface area (Å²) in [5.41, 5.74) is 3.16. The summed E-state index contributed by atoms with van der Waals surface area (Å²) in [5.74, 6) is 0.534. The second-order valence-electron chi connectivity index (χ2n) is 7.10. The molecule has 0 saturated carbocycles. The molecule has 0 bridgehead atoms.